The van der Waals surface area contributed by atoms with Crippen molar-refractivity contribution in [1.29, 1.82) is 0 Å². The Morgan fingerprint density at radius 1 is 1.54 bits per heavy atom. The molecule has 0 saturated heterocycles. The van der Waals surface area contributed by atoms with E-state index in [0.29, 0.717) is 0 Å². The van der Waals surface area contributed by atoms with Crippen molar-refractivity contribution in [2.75, 3.05) is 6.61 Å². The Hall–Kier alpha value is -1.40. The van der Waals surface area contributed by atoms with Crippen LogP contribution in [0.15, 0.2) is 21.9 Å². The van der Waals surface area contributed by atoms with E-state index < -0.39 is 24.0 Å². The molecule has 0 aromatic carbocycles. The van der Waals surface area contributed by atoms with Crippen LogP contribution in [0.2, 0.25) is 0 Å². The fourth-order valence-electron chi connectivity index (χ4n) is 0.894. The van der Waals surface area contributed by atoms with Crippen molar-refractivity contribution in [3.63, 3.8) is 0 Å². The van der Waals surface area contributed by atoms with Gasteiger partial charge in [-0.3, -0.25) is 9.36 Å². The molecule has 6 nitrogen and oxygen atoms in total. The quantitative estimate of drug-likeness (QED) is 0.503. The van der Waals surface area contributed by atoms with Crippen LogP contribution < -0.4 is 11.2 Å². The van der Waals surface area contributed by atoms with Crippen LogP contribution in [0.4, 0.5) is 0 Å². The highest BCUT2D eigenvalue weighted by molar-refractivity contribution is 4.83. The first-order valence-electron chi connectivity index (χ1n) is 3.72. The molecule has 1 heterocycles. The van der Waals surface area contributed by atoms with Crippen LogP contribution in [0, 0.1) is 0 Å². The molecule has 0 radical (unpaired) electrons. The molecular weight excluding hydrogens is 176 g/mol. The number of aromatic nitrogens is 2. The van der Waals surface area contributed by atoms with Crippen molar-refractivity contribution in [3.8, 4) is 0 Å². The molecule has 1 rings (SSSR count). The number of hydrogen-bond donors (Lipinski definition) is 3. The summed E-state index contributed by atoms with van der Waals surface area (Å²) in [6, 6.07) is 1.17. The minimum Gasteiger partial charge on any atom is -0.394 e. The lowest BCUT2D eigenvalue weighted by atomic mass is 10.4. The molecule has 1 aromatic rings. The van der Waals surface area contributed by atoms with Crippen LogP contribution in [-0.2, 0) is 6.54 Å². The molecule has 0 fully saturated rings. The Morgan fingerprint density at radius 2 is 2.23 bits per heavy atom. The number of nitrogens with one attached hydrogen (secondary N) is 1. The van der Waals surface area contributed by atoms with Gasteiger partial charge in [-0.1, -0.05) is 0 Å². The summed E-state index contributed by atoms with van der Waals surface area (Å²) < 4.78 is 0.820. The summed E-state index contributed by atoms with van der Waals surface area (Å²) in [5, 5.41) is 17.5. The fraction of sp³-hybridized carbons (Fsp3) is 0.429. The van der Waals surface area contributed by atoms with Gasteiger partial charge in [0, 0.05) is 12.3 Å². The number of nitrogens with zero attached hydrogens (tertiary/aromatic N) is 1. The lowest BCUT2D eigenvalue weighted by Crippen LogP contribution is -2.38. The summed E-state index contributed by atoms with van der Waals surface area (Å²) in [5.41, 5.74) is -1.10. The van der Waals surface area contributed by atoms with E-state index in [1.165, 1.54) is 12.3 Å². The van der Waals surface area contributed by atoms with E-state index in [-0.39, 0.29) is 6.54 Å². The van der Waals surface area contributed by atoms with Gasteiger partial charge in [0.15, 0.2) is 0 Å². The second kappa shape index (κ2) is 4.01. The van der Waals surface area contributed by atoms with Crippen LogP contribution in [-0.4, -0.2) is 32.5 Å². The van der Waals surface area contributed by atoms with Gasteiger partial charge in [0.25, 0.3) is 5.56 Å². The summed E-state index contributed by atoms with van der Waals surface area (Å²) in [6.45, 7) is -0.688. The Labute approximate surface area is 73.1 Å². The van der Waals surface area contributed by atoms with Gasteiger partial charge in [0.2, 0.25) is 0 Å². The van der Waals surface area contributed by atoms with Crippen LogP contribution in [0.1, 0.15) is 0 Å². The number of aliphatic hydroxyl groups excluding tert-OH is 2. The zero-order valence-electron chi connectivity index (χ0n) is 6.80. The number of aliphatic hydroxyl groups is 2. The van der Waals surface area contributed by atoms with Crippen LogP contribution >= 0.6 is 0 Å². The minimum atomic E-state index is -1.10. The van der Waals surface area contributed by atoms with E-state index in [1.54, 1.807) is 0 Å². The molecule has 13 heavy (non-hydrogen) atoms. The van der Waals surface area contributed by atoms with Gasteiger partial charge in [-0.05, 0) is 0 Å². The summed E-state index contributed by atoms with van der Waals surface area (Å²) >= 11 is 0. The second-order valence-corrected chi connectivity index (χ2v) is 2.57. The zero-order chi connectivity index (χ0) is 9.84. The molecule has 0 aliphatic heterocycles. The molecule has 1 aromatic heterocycles. The first-order valence-corrected chi connectivity index (χ1v) is 3.72. The van der Waals surface area contributed by atoms with E-state index in [0.717, 1.165) is 4.57 Å². The van der Waals surface area contributed by atoms with Crippen molar-refractivity contribution >= 4 is 0 Å². The summed E-state index contributed by atoms with van der Waals surface area (Å²) in [7, 11) is 0. The number of hydrogen-bond acceptors (Lipinski definition) is 4. The van der Waals surface area contributed by atoms with Crippen LogP contribution in [0.25, 0.3) is 0 Å². The highest BCUT2D eigenvalue weighted by Crippen LogP contribution is 1.82. The molecule has 0 aliphatic rings. The molecular formula is C7H10N2O4. The third-order valence-corrected chi connectivity index (χ3v) is 1.55. The van der Waals surface area contributed by atoms with Gasteiger partial charge in [0.1, 0.15) is 0 Å². The Morgan fingerprint density at radius 3 is 2.77 bits per heavy atom. The predicted octanol–water partition coefficient (Wildman–Crippen LogP) is -2.11. The van der Waals surface area contributed by atoms with Gasteiger partial charge < -0.3 is 15.2 Å². The minimum absolute atomic E-state index is 0.203. The largest absolute Gasteiger partial charge is 0.394 e. The Kier molecular flexibility index (Phi) is 2.99. The van der Waals surface area contributed by atoms with E-state index in [9.17, 15) is 9.59 Å². The third kappa shape index (κ3) is 2.27. The lowest BCUT2D eigenvalue weighted by Gasteiger charge is -2.07. The second-order valence-electron chi connectivity index (χ2n) is 2.57. The maximum Gasteiger partial charge on any atom is 0.328 e. The standard InChI is InChI=1S/C7H10N2O4/c10-4-5(11)3-9-6(12)1-2-8-7(9)13/h1-2,5,10-11H,3-4H2,(H,8,13). The van der Waals surface area contributed by atoms with E-state index in [2.05, 4.69) is 4.98 Å². The van der Waals surface area contributed by atoms with Crippen molar-refractivity contribution in [2.45, 2.75) is 12.6 Å². The number of H-pyrrole nitrogens is 1. The monoisotopic (exact) mass is 186 g/mol. The zero-order valence-corrected chi connectivity index (χ0v) is 6.80. The lowest BCUT2D eigenvalue weighted by molar-refractivity contribution is 0.0793. The predicted molar refractivity (Wildman–Crippen MR) is 44.4 cm³/mol. The van der Waals surface area contributed by atoms with Gasteiger partial charge in [0.05, 0.1) is 19.3 Å². The van der Waals surface area contributed by atoms with Crippen molar-refractivity contribution in [2.24, 2.45) is 0 Å². The molecule has 6 heteroatoms. The molecule has 0 spiro atoms. The first-order chi connectivity index (χ1) is 6.15. The smallest absolute Gasteiger partial charge is 0.328 e. The van der Waals surface area contributed by atoms with Gasteiger partial charge in [-0.25, -0.2) is 4.79 Å². The third-order valence-electron chi connectivity index (χ3n) is 1.55. The molecule has 0 bridgehead atoms. The summed E-state index contributed by atoms with van der Waals surface area (Å²) in [6.07, 6.45) is 0.133. The Balaban J connectivity index is 3.01. The summed E-state index contributed by atoms with van der Waals surface area (Å²) in [5.74, 6) is 0. The average Bonchev–Trinajstić information content (AvgIpc) is 2.11. The average molecular weight is 186 g/mol. The van der Waals surface area contributed by atoms with E-state index in [4.69, 9.17) is 10.2 Å². The topological polar surface area (TPSA) is 95.3 Å². The Bertz CT molecular complexity index is 352. The van der Waals surface area contributed by atoms with Gasteiger partial charge >= 0.3 is 5.69 Å². The molecule has 72 valence electrons. The fourth-order valence-corrected chi connectivity index (χ4v) is 0.894. The number of aromatic amines is 1. The molecule has 0 amide bonds. The number of rotatable bonds is 3. The van der Waals surface area contributed by atoms with Crippen molar-refractivity contribution in [3.05, 3.63) is 33.1 Å². The molecule has 0 aliphatic carbocycles. The van der Waals surface area contributed by atoms with Gasteiger partial charge in [-0.15, -0.1) is 0 Å². The highest BCUT2D eigenvalue weighted by atomic mass is 16.3. The van der Waals surface area contributed by atoms with E-state index in [1.807, 2.05) is 0 Å². The van der Waals surface area contributed by atoms with Crippen molar-refractivity contribution < 1.29 is 10.2 Å². The molecule has 0 saturated carbocycles. The SMILES string of the molecule is O=c1cc[nH]c(=O)n1CC(O)CO. The highest BCUT2D eigenvalue weighted by Gasteiger charge is 2.06. The summed E-state index contributed by atoms with van der Waals surface area (Å²) in [4.78, 5) is 24.3. The van der Waals surface area contributed by atoms with Gasteiger partial charge in [-0.2, -0.15) is 0 Å². The van der Waals surface area contributed by atoms with Crippen LogP contribution in [0.3, 0.4) is 0 Å². The molecule has 1 atom stereocenters. The van der Waals surface area contributed by atoms with E-state index >= 15 is 0 Å². The van der Waals surface area contributed by atoms with Crippen molar-refractivity contribution in [1.82, 2.24) is 9.55 Å². The molecule has 3 N–H and O–H groups in total. The first kappa shape index (κ1) is 9.69. The maximum absolute atomic E-state index is 11.0. The van der Waals surface area contributed by atoms with Crippen LogP contribution in [0.5, 0.6) is 0 Å². The normalized spacial score (nSPS) is 12.8. The maximum atomic E-state index is 11.0. The molecule has 1 unspecified atom stereocenters.